The van der Waals surface area contributed by atoms with Crippen LogP contribution < -0.4 is 5.32 Å². The number of benzene rings is 3. The fourth-order valence-electron chi connectivity index (χ4n) is 3.22. The van der Waals surface area contributed by atoms with Gasteiger partial charge in [0.2, 0.25) is 5.91 Å². The third kappa shape index (κ3) is 4.27. The lowest BCUT2D eigenvalue weighted by Crippen LogP contribution is -2.33. The van der Waals surface area contributed by atoms with Crippen LogP contribution in [-0.4, -0.2) is 12.5 Å². The van der Waals surface area contributed by atoms with Crippen LogP contribution in [0.3, 0.4) is 0 Å². The molecule has 3 rings (SSSR count). The van der Waals surface area contributed by atoms with E-state index in [9.17, 15) is 4.79 Å². The van der Waals surface area contributed by atoms with Crippen LogP contribution in [0.25, 0.3) is 10.8 Å². The van der Waals surface area contributed by atoms with Crippen LogP contribution in [0.1, 0.15) is 30.9 Å². The Morgan fingerprint density at radius 3 is 2.36 bits per heavy atom. The number of rotatable bonds is 6. The second-order valence-corrected chi connectivity index (χ2v) is 6.80. The molecule has 0 saturated carbocycles. The molecule has 0 aliphatic rings. The van der Waals surface area contributed by atoms with Gasteiger partial charge in [0.1, 0.15) is 0 Å². The number of nitrogens with one attached hydrogen (secondary N) is 1. The lowest BCUT2D eigenvalue weighted by Gasteiger charge is -2.17. The van der Waals surface area contributed by atoms with E-state index < -0.39 is 0 Å². The molecule has 2 heteroatoms. The van der Waals surface area contributed by atoms with Gasteiger partial charge in [0.15, 0.2) is 0 Å². The summed E-state index contributed by atoms with van der Waals surface area (Å²) in [5.74, 6) is 0.388. The molecule has 1 N–H and O–H groups in total. The molecular formula is C23H25NO. The Morgan fingerprint density at radius 2 is 1.56 bits per heavy atom. The molecule has 128 valence electrons. The summed E-state index contributed by atoms with van der Waals surface area (Å²) in [6, 6.07) is 25.0. The Morgan fingerprint density at radius 1 is 0.880 bits per heavy atom. The van der Waals surface area contributed by atoms with Crippen LogP contribution in [-0.2, 0) is 11.2 Å². The van der Waals surface area contributed by atoms with E-state index in [0.29, 0.717) is 12.5 Å². The van der Waals surface area contributed by atoms with E-state index in [0.717, 1.165) is 6.42 Å². The van der Waals surface area contributed by atoms with E-state index in [2.05, 4.69) is 60.8 Å². The maximum absolute atomic E-state index is 12.5. The van der Waals surface area contributed by atoms with Crippen molar-refractivity contribution in [1.82, 2.24) is 5.32 Å². The molecule has 0 fully saturated rings. The van der Waals surface area contributed by atoms with Gasteiger partial charge in [-0.3, -0.25) is 4.79 Å². The topological polar surface area (TPSA) is 29.1 Å². The van der Waals surface area contributed by atoms with E-state index in [1.165, 1.54) is 21.9 Å². The van der Waals surface area contributed by atoms with Gasteiger partial charge in [-0.2, -0.15) is 0 Å². The number of fused-ring (bicyclic) bond motifs is 1. The standard InChI is InChI=1S/C23H25NO/c1-17(15-21-13-8-12-20-11-6-7-14-22(20)21)23(25)24-16-18(2)19-9-4-3-5-10-19/h3-14,17-18H,15-16H2,1-2H3,(H,24,25)/t17-,18+/m0/s1. The first-order valence-corrected chi connectivity index (χ1v) is 8.94. The monoisotopic (exact) mass is 331 g/mol. The molecule has 0 heterocycles. The zero-order chi connectivity index (χ0) is 17.6. The van der Waals surface area contributed by atoms with Crippen molar-refractivity contribution >= 4 is 16.7 Å². The van der Waals surface area contributed by atoms with Crippen molar-refractivity contribution in [3.8, 4) is 0 Å². The molecule has 3 aromatic carbocycles. The third-order valence-corrected chi connectivity index (χ3v) is 4.80. The number of amides is 1. The highest BCUT2D eigenvalue weighted by atomic mass is 16.1. The summed E-state index contributed by atoms with van der Waals surface area (Å²) in [6.45, 7) is 4.82. The summed E-state index contributed by atoms with van der Waals surface area (Å²) in [5, 5.41) is 5.58. The number of hydrogen-bond acceptors (Lipinski definition) is 1. The van der Waals surface area contributed by atoms with Gasteiger partial charge in [0.25, 0.3) is 0 Å². The molecule has 0 aliphatic heterocycles. The molecule has 2 atom stereocenters. The smallest absolute Gasteiger partial charge is 0.223 e. The van der Waals surface area contributed by atoms with E-state index in [-0.39, 0.29) is 11.8 Å². The molecule has 0 spiro atoms. The molecule has 2 nitrogen and oxygen atoms in total. The van der Waals surface area contributed by atoms with Crippen molar-refractivity contribution in [3.63, 3.8) is 0 Å². The predicted molar refractivity (Wildman–Crippen MR) is 105 cm³/mol. The summed E-state index contributed by atoms with van der Waals surface area (Å²) >= 11 is 0. The van der Waals surface area contributed by atoms with Gasteiger partial charge in [-0.05, 0) is 34.2 Å². The van der Waals surface area contributed by atoms with Crippen molar-refractivity contribution in [3.05, 3.63) is 83.9 Å². The van der Waals surface area contributed by atoms with Gasteiger partial charge >= 0.3 is 0 Å². The average Bonchev–Trinajstić information content (AvgIpc) is 2.66. The van der Waals surface area contributed by atoms with Crippen LogP contribution in [0.4, 0.5) is 0 Å². The van der Waals surface area contributed by atoms with Crippen molar-refractivity contribution < 1.29 is 4.79 Å². The summed E-state index contributed by atoms with van der Waals surface area (Å²) in [4.78, 5) is 12.5. The molecule has 0 radical (unpaired) electrons. The van der Waals surface area contributed by atoms with Crippen LogP contribution in [0.5, 0.6) is 0 Å². The first-order valence-electron chi connectivity index (χ1n) is 8.94. The van der Waals surface area contributed by atoms with E-state index in [1.807, 2.05) is 31.2 Å². The highest BCUT2D eigenvalue weighted by Gasteiger charge is 2.16. The van der Waals surface area contributed by atoms with E-state index in [4.69, 9.17) is 0 Å². The Hall–Kier alpha value is -2.61. The van der Waals surface area contributed by atoms with Crippen molar-refractivity contribution in [1.29, 1.82) is 0 Å². The van der Waals surface area contributed by atoms with Crippen LogP contribution in [0.15, 0.2) is 72.8 Å². The van der Waals surface area contributed by atoms with Crippen molar-refractivity contribution in [2.45, 2.75) is 26.2 Å². The second-order valence-electron chi connectivity index (χ2n) is 6.80. The van der Waals surface area contributed by atoms with Gasteiger partial charge in [0, 0.05) is 12.5 Å². The van der Waals surface area contributed by atoms with Crippen LogP contribution in [0.2, 0.25) is 0 Å². The van der Waals surface area contributed by atoms with Gasteiger partial charge in [-0.1, -0.05) is 86.6 Å². The summed E-state index contributed by atoms with van der Waals surface area (Å²) in [6.07, 6.45) is 0.757. The first-order chi connectivity index (χ1) is 12.1. The lowest BCUT2D eigenvalue weighted by molar-refractivity contribution is -0.124. The van der Waals surface area contributed by atoms with Crippen molar-refractivity contribution in [2.75, 3.05) is 6.54 Å². The Bertz CT molecular complexity index is 836. The minimum atomic E-state index is -0.0474. The first kappa shape index (κ1) is 17.2. The minimum Gasteiger partial charge on any atom is -0.355 e. The van der Waals surface area contributed by atoms with Crippen LogP contribution in [0, 0.1) is 5.92 Å². The number of hydrogen-bond donors (Lipinski definition) is 1. The zero-order valence-corrected chi connectivity index (χ0v) is 14.9. The molecular weight excluding hydrogens is 306 g/mol. The maximum atomic E-state index is 12.5. The minimum absolute atomic E-state index is 0.0474. The van der Waals surface area contributed by atoms with Crippen LogP contribution >= 0.6 is 0 Å². The molecule has 1 amide bonds. The van der Waals surface area contributed by atoms with Gasteiger partial charge in [-0.15, -0.1) is 0 Å². The Balaban J connectivity index is 1.61. The number of carbonyl (C=O) groups excluding carboxylic acids is 1. The average molecular weight is 331 g/mol. The van der Waals surface area contributed by atoms with Gasteiger partial charge in [-0.25, -0.2) is 0 Å². The second kappa shape index (κ2) is 7.98. The third-order valence-electron chi connectivity index (χ3n) is 4.80. The molecule has 25 heavy (non-hydrogen) atoms. The lowest BCUT2D eigenvalue weighted by atomic mass is 9.95. The highest BCUT2D eigenvalue weighted by molar-refractivity contribution is 5.86. The fraction of sp³-hybridized carbons (Fsp3) is 0.261. The molecule has 0 aliphatic carbocycles. The fourth-order valence-corrected chi connectivity index (χ4v) is 3.22. The SMILES string of the molecule is C[C@H](CNC(=O)[C@@H](C)Cc1cccc2ccccc12)c1ccccc1. The summed E-state index contributed by atoms with van der Waals surface area (Å²) in [5.41, 5.74) is 2.49. The van der Waals surface area contributed by atoms with Gasteiger partial charge in [0.05, 0.1) is 0 Å². The number of carbonyl (C=O) groups is 1. The molecule has 0 bridgehead atoms. The van der Waals surface area contributed by atoms with E-state index in [1.54, 1.807) is 0 Å². The largest absolute Gasteiger partial charge is 0.355 e. The molecule has 0 aromatic heterocycles. The molecule has 0 unspecified atom stereocenters. The zero-order valence-electron chi connectivity index (χ0n) is 14.9. The normalized spacial score (nSPS) is 13.4. The predicted octanol–water partition coefficient (Wildman–Crippen LogP) is 4.94. The molecule has 3 aromatic rings. The molecule has 0 saturated heterocycles. The van der Waals surface area contributed by atoms with E-state index >= 15 is 0 Å². The quantitative estimate of drug-likeness (QED) is 0.681. The maximum Gasteiger partial charge on any atom is 0.223 e. The highest BCUT2D eigenvalue weighted by Crippen LogP contribution is 2.21. The van der Waals surface area contributed by atoms with Crippen molar-refractivity contribution in [2.24, 2.45) is 5.92 Å². The summed E-state index contributed by atoms with van der Waals surface area (Å²) < 4.78 is 0. The van der Waals surface area contributed by atoms with Gasteiger partial charge < -0.3 is 5.32 Å². The Kier molecular flexibility index (Phi) is 5.49. The Labute approximate surface area is 149 Å². The summed E-state index contributed by atoms with van der Waals surface area (Å²) in [7, 11) is 0.